The molecule has 0 heterocycles. The molecule has 0 fully saturated rings. The van der Waals surface area contributed by atoms with Crippen LogP contribution < -0.4 is 9.47 Å². The fraction of sp³-hybridized carbons (Fsp3) is 0.267. The van der Waals surface area contributed by atoms with E-state index < -0.39 is 20.2 Å². The standard InChI is InChI=1S/C30H32O8S2/c1-23-9-13-27(14-10-23)39(31,32)37-19-5-17-35-29-21-25-7-3-4-8-26(25)22-30(29)36-18-6-20-38-40(33,34)28-15-11-24(2)12-16-28/h3-4,7-16,21-22H,5-6,17-20H2,1-2H3. The van der Waals surface area contributed by atoms with Crippen LogP contribution in [0, 0.1) is 13.8 Å². The van der Waals surface area contributed by atoms with Crippen LogP contribution in [0.15, 0.2) is 94.7 Å². The molecular formula is C30H32O8S2. The van der Waals surface area contributed by atoms with Crippen molar-refractivity contribution in [3.8, 4) is 11.5 Å². The lowest BCUT2D eigenvalue weighted by atomic mass is 10.1. The van der Waals surface area contributed by atoms with Crippen molar-refractivity contribution in [3.63, 3.8) is 0 Å². The molecule has 0 spiro atoms. The summed E-state index contributed by atoms with van der Waals surface area (Å²) in [5.41, 5.74) is 1.92. The topological polar surface area (TPSA) is 105 Å². The van der Waals surface area contributed by atoms with E-state index in [1.165, 1.54) is 24.3 Å². The van der Waals surface area contributed by atoms with Crippen LogP contribution in [0.4, 0.5) is 0 Å². The fourth-order valence-electron chi connectivity index (χ4n) is 3.79. The van der Waals surface area contributed by atoms with Gasteiger partial charge in [-0.25, -0.2) is 0 Å². The lowest BCUT2D eigenvalue weighted by Crippen LogP contribution is -2.11. The molecule has 0 aromatic heterocycles. The number of hydrogen-bond donors (Lipinski definition) is 0. The Kier molecular flexibility index (Phi) is 9.80. The Bertz CT molecular complexity index is 1510. The van der Waals surface area contributed by atoms with E-state index >= 15 is 0 Å². The molecule has 0 saturated carbocycles. The van der Waals surface area contributed by atoms with Crippen molar-refractivity contribution in [1.82, 2.24) is 0 Å². The van der Waals surface area contributed by atoms with Gasteiger partial charge in [-0.15, -0.1) is 0 Å². The summed E-state index contributed by atoms with van der Waals surface area (Å²) in [5, 5.41) is 1.91. The molecule has 0 bridgehead atoms. The minimum atomic E-state index is -3.84. The largest absolute Gasteiger partial charge is 0.490 e. The second-order valence-corrected chi connectivity index (χ2v) is 12.5. The SMILES string of the molecule is Cc1ccc(S(=O)(=O)OCCCOc2cc3ccccc3cc2OCCCOS(=O)(=O)c2ccc(C)cc2)cc1. The molecule has 0 saturated heterocycles. The zero-order valence-corrected chi connectivity index (χ0v) is 24.0. The van der Waals surface area contributed by atoms with Gasteiger partial charge in [-0.2, -0.15) is 16.8 Å². The third-order valence-electron chi connectivity index (χ3n) is 6.00. The van der Waals surface area contributed by atoms with Gasteiger partial charge in [0.25, 0.3) is 20.2 Å². The predicted octanol–water partition coefficient (Wildman–Crippen LogP) is 5.81. The summed E-state index contributed by atoms with van der Waals surface area (Å²) in [4.78, 5) is 0.222. The second-order valence-electron chi connectivity index (χ2n) is 9.23. The van der Waals surface area contributed by atoms with E-state index in [-0.39, 0.29) is 36.2 Å². The lowest BCUT2D eigenvalue weighted by Gasteiger charge is -2.14. The molecular weight excluding hydrogens is 552 g/mol. The van der Waals surface area contributed by atoms with Gasteiger partial charge < -0.3 is 9.47 Å². The molecule has 0 aliphatic carbocycles. The van der Waals surface area contributed by atoms with Gasteiger partial charge >= 0.3 is 0 Å². The van der Waals surface area contributed by atoms with E-state index in [1.807, 2.05) is 50.2 Å². The average Bonchev–Trinajstić information content (AvgIpc) is 2.93. The van der Waals surface area contributed by atoms with Gasteiger partial charge in [-0.05, 0) is 61.0 Å². The predicted molar refractivity (Wildman–Crippen MR) is 153 cm³/mol. The second kappa shape index (κ2) is 13.3. The van der Waals surface area contributed by atoms with Crippen LogP contribution >= 0.6 is 0 Å². The summed E-state index contributed by atoms with van der Waals surface area (Å²) in [6.45, 7) is 4.10. The Hall–Kier alpha value is -3.44. The molecule has 0 amide bonds. The maximum absolute atomic E-state index is 12.4. The third-order valence-corrected chi connectivity index (χ3v) is 8.65. The maximum Gasteiger partial charge on any atom is 0.296 e. The molecule has 0 radical (unpaired) electrons. The van der Waals surface area contributed by atoms with Crippen LogP contribution in [0.25, 0.3) is 10.8 Å². The van der Waals surface area contributed by atoms with Crippen molar-refractivity contribution in [2.75, 3.05) is 26.4 Å². The molecule has 0 aliphatic heterocycles. The van der Waals surface area contributed by atoms with Crippen LogP contribution in [0.3, 0.4) is 0 Å². The Morgan fingerprint density at radius 1 is 0.525 bits per heavy atom. The van der Waals surface area contributed by atoms with Gasteiger partial charge in [-0.3, -0.25) is 8.37 Å². The van der Waals surface area contributed by atoms with E-state index in [1.54, 1.807) is 24.3 Å². The van der Waals surface area contributed by atoms with Crippen molar-refractivity contribution in [1.29, 1.82) is 0 Å². The molecule has 40 heavy (non-hydrogen) atoms. The number of benzene rings is 4. The molecule has 10 heteroatoms. The zero-order valence-electron chi connectivity index (χ0n) is 22.4. The van der Waals surface area contributed by atoms with Crippen LogP contribution in [0.2, 0.25) is 0 Å². The summed E-state index contributed by atoms with van der Waals surface area (Å²) in [6, 6.07) is 24.4. The summed E-state index contributed by atoms with van der Waals surface area (Å²) in [6.07, 6.45) is 0.671. The van der Waals surface area contributed by atoms with Crippen LogP contribution in [0.5, 0.6) is 11.5 Å². The van der Waals surface area contributed by atoms with Crippen LogP contribution in [-0.2, 0) is 28.6 Å². The molecule has 4 aromatic rings. The zero-order chi connectivity index (χ0) is 28.6. The Balaban J connectivity index is 1.30. The van der Waals surface area contributed by atoms with Gasteiger partial charge in [0.1, 0.15) is 0 Å². The van der Waals surface area contributed by atoms with Gasteiger partial charge in [0, 0.05) is 12.8 Å². The first kappa shape index (κ1) is 29.5. The number of rotatable bonds is 14. The summed E-state index contributed by atoms with van der Waals surface area (Å²) in [7, 11) is -7.68. The summed E-state index contributed by atoms with van der Waals surface area (Å²) in [5.74, 6) is 0.988. The molecule has 0 N–H and O–H groups in total. The lowest BCUT2D eigenvalue weighted by molar-refractivity contribution is 0.224. The number of hydrogen-bond acceptors (Lipinski definition) is 8. The average molecular weight is 585 g/mol. The molecule has 212 valence electrons. The maximum atomic E-state index is 12.4. The van der Waals surface area contributed by atoms with Crippen molar-refractivity contribution >= 4 is 31.0 Å². The number of fused-ring (bicyclic) bond motifs is 1. The summed E-state index contributed by atoms with van der Waals surface area (Å²) < 4.78 is 71.7. The first-order valence-electron chi connectivity index (χ1n) is 12.8. The minimum absolute atomic E-state index is 0.0349. The highest BCUT2D eigenvalue weighted by atomic mass is 32.2. The minimum Gasteiger partial charge on any atom is -0.490 e. The first-order valence-corrected chi connectivity index (χ1v) is 15.7. The van der Waals surface area contributed by atoms with Crippen molar-refractivity contribution < 1.29 is 34.7 Å². The number of ether oxygens (including phenoxy) is 2. The summed E-state index contributed by atoms with van der Waals surface area (Å²) >= 11 is 0. The molecule has 4 aromatic carbocycles. The molecule has 0 unspecified atom stereocenters. The molecule has 0 aliphatic rings. The first-order chi connectivity index (χ1) is 19.1. The highest BCUT2D eigenvalue weighted by Crippen LogP contribution is 2.33. The molecule has 0 atom stereocenters. The van der Waals surface area contributed by atoms with E-state index in [0.717, 1.165) is 21.9 Å². The van der Waals surface area contributed by atoms with E-state index in [4.69, 9.17) is 17.8 Å². The van der Waals surface area contributed by atoms with E-state index in [9.17, 15) is 16.8 Å². The van der Waals surface area contributed by atoms with Crippen molar-refractivity contribution in [3.05, 3.63) is 96.1 Å². The van der Waals surface area contributed by atoms with Gasteiger partial charge in [0.05, 0.1) is 36.2 Å². The Morgan fingerprint density at radius 3 is 1.27 bits per heavy atom. The highest BCUT2D eigenvalue weighted by Gasteiger charge is 2.16. The normalized spacial score (nSPS) is 11.9. The van der Waals surface area contributed by atoms with Gasteiger partial charge in [-0.1, -0.05) is 59.7 Å². The quantitative estimate of drug-likeness (QED) is 0.135. The fourth-order valence-corrected chi connectivity index (χ4v) is 5.67. The smallest absolute Gasteiger partial charge is 0.296 e. The van der Waals surface area contributed by atoms with Gasteiger partial charge in [0.2, 0.25) is 0 Å². The third kappa shape index (κ3) is 8.04. The molecule has 8 nitrogen and oxygen atoms in total. The van der Waals surface area contributed by atoms with Crippen molar-refractivity contribution in [2.24, 2.45) is 0 Å². The van der Waals surface area contributed by atoms with Crippen LogP contribution in [-0.4, -0.2) is 43.3 Å². The Labute approximate surface area is 235 Å². The number of aryl methyl sites for hydroxylation is 2. The Morgan fingerprint density at radius 2 is 0.900 bits per heavy atom. The highest BCUT2D eigenvalue weighted by molar-refractivity contribution is 7.87. The van der Waals surface area contributed by atoms with Crippen molar-refractivity contribution in [2.45, 2.75) is 36.5 Å². The monoisotopic (exact) mass is 584 g/mol. The van der Waals surface area contributed by atoms with Crippen LogP contribution in [0.1, 0.15) is 24.0 Å². The molecule has 4 rings (SSSR count). The van der Waals surface area contributed by atoms with E-state index in [2.05, 4.69) is 0 Å². The van der Waals surface area contributed by atoms with E-state index in [0.29, 0.717) is 24.3 Å². The van der Waals surface area contributed by atoms with Gasteiger partial charge in [0.15, 0.2) is 11.5 Å².